The van der Waals surface area contributed by atoms with Crippen LogP contribution in [-0.4, -0.2) is 28.9 Å². The number of Topliss-reactive ketones (excluding diaryl/α,β-unsaturated/α-hetero) is 1. The number of aromatic nitrogens is 1. The van der Waals surface area contributed by atoms with Crippen molar-refractivity contribution in [2.24, 2.45) is 0 Å². The molecular formula is C25H21ClN2O4. The lowest BCUT2D eigenvalue weighted by molar-refractivity contribution is -0.132. The number of hydrogen-bond donors (Lipinski definition) is 1. The minimum atomic E-state index is -0.847. The van der Waals surface area contributed by atoms with Crippen LogP contribution >= 0.6 is 11.6 Å². The highest BCUT2D eigenvalue weighted by Gasteiger charge is 2.47. The van der Waals surface area contributed by atoms with Crippen LogP contribution in [0.15, 0.2) is 66.5 Å². The molecule has 0 saturated carbocycles. The summed E-state index contributed by atoms with van der Waals surface area (Å²) in [4.78, 5) is 32.0. The van der Waals surface area contributed by atoms with Crippen LogP contribution in [0.25, 0.3) is 5.76 Å². The number of amides is 1. The SMILES string of the molecule is COc1ccc(Cl)c(/C(O)=C2\C(=O)C(=O)N(c3cccc(C)c3C)C2c2ccncc2)c1. The molecule has 1 saturated heterocycles. The molecule has 6 nitrogen and oxygen atoms in total. The van der Waals surface area contributed by atoms with E-state index in [1.165, 1.54) is 18.1 Å². The Bertz CT molecular complexity index is 1250. The van der Waals surface area contributed by atoms with E-state index < -0.39 is 17.7 Å². The number of halogens is 1. The molecule has 4 rings (SSSR count). The molecule has 1 fully saturated rings. The first-order valence-corrected chi connectivity index (χ1v) is 10.3. The Morgan fingerprint density at radius 1 is 1.09 bits per heavy atom. The van der Waals surface area contributed by atoms with Crippen LogP contribution < -0.4 is 9.64 Å². The van der Waals surface area contributed by atoms with Crippen molar-refractivity contribution < 1.29 is 19.4 Å². The second kappa shape index (κ2) is 8.48. The van der Waals surface area contributed by atoms with E-state index in [1.54, 1.807) is 42.7 Å². The number of ether oxygens (including phenoxy) is 1. The van der Waals surface area contributed by atoms with Gasteiger partial charge in [0.25, 0.3) is 11.7 Å². The first-order chi connectivity index (χ1) is 15.3. The van der Waals surface area contributed by atoms with Gasteiger partial charge in [0.05, 0.1) is 23.7 Å². The molecule has 2 aromatic carbocycles. The van der Waals surface area contributed by atoms with Crippen LogP contribution in [0.2, 0.25) is 5.02 Å². The molecule has 0 spiro atoms. The average molecular weight is 449 g/mol. The minimum absolute atomic E-state index is 0.0442. The first-order valence-electron chi connectivity index (χ1n) is 9.96. The van der Waals surface area contributed by atoms with Gasteiger partial charge in [0, 0.05) is 23.6 Å². The number of hydrogen-bond acceptors (Lipinski definition) is 5. The second-order valence-corrected chi connectivity index (χ2v) is 7.92. The Hall–Kier alpha value is -3.64. The summed E-state index contributed by atoms with van der Waals surface area (Å²) in [5.41, 5.74) is 3.26. The van der Waals surface area contributed by atoms with Crippen LogP contribution in [0.3, 0.4) is 0 Å². The quantitative estimate of drug-likeness (QED) is 0.345. The van der Waals surface area contributed by atoms with Crippen molar-refractivity contribution in [1.29, 1.82) is 0 Å². The van der Waals surface area contributed by atoms with E-state index in [2.05, 4.69) is 4.98 Å². The fraction of sp³-hybridized carbons (Fsp3) is 0.160. The van der Waals surface area contributed by atoms with Crippen molar-refractivity contribution >= 4 is 34.7 Å². The fourth-order valence-corrected chi connectivity index (χ4v) is 4.10. The molecule has 32 heavy (non-hydrogen) atoms. The molecule has 1 aromatic heterocycles. The highest BCUT2D eigenvalue weighted by atomic mass is 35.5. The lowest BCUT2D eigenvalue weighted by Crippen LogP contribution is -2.30. The molecule has 1 N–H and O–H groups in total. The van der Waals surface area contributed by atoms with Crippen molar-refractivity contribution in [2.45, 2.75) is 19.9 Å². The number of carbonyl (C=O) groups excluding carboxylic acids is 2. The summed E-state index contributed by atoms with van der Waals surface area (Å²) < 4.78 is 5.24. The number of aliphatic hydroxyl groups is 1. The number of ketones is 1. The highest BCUT2D eigenvalue weighted by Crippen LogP contribution is 2.44. The lowest BCUT2D eigenvalue weighted by atomic mass is 9.95. The second-order valence-electron chi connectivity index (χ2n) is 7.51. The first kappa shape index (κ1) is 21.6. The third-order valence-corrected chi connectivity index (χ3v) is 6.06. The Morgan fingerprint density at radius 2 is 1.81 bits per heavy atom. The van der Waals surface area contributed by atoms with Crippen LogP contribution in [0.1, 0.15) is 28.3 Å². The Labute approximate surface area is 190 Å². The molecule has 0 aliphatic carbocycles. The molecule has 2 heterocycles. The van der Waals surface area contributed by atoms with Crippen molar-refractivity contribution in [3.8, 4) is 5.75 Å². The van der Waals surface area contributed by atoms with E-state index in [-0.39, 0.29) is 21.9 Å². The normalized spacial score (nSPS) is 17.6. The third-order valence-electron chi connectivity index (χ3n) is 5.73. The zero-order valence-electron chi connectivity index (χ0n) is 17.8. The number of nitrogens with zero attached hydrogens (tertiary/aromatic N) is 2. The number of anilines is 1. The number of methoxy groups -OCH3 is 1. The Kier molecular flexibility index (Phi) is 5.72. The van der Waals surface area contributed by atoms with Gasteiger partial charge in [-0.15, -0.1) is 0 Å². The van der Waals surface area contributed by atoms with E-state index in [9.17, 15) is 14.7 Å². The molecule has 0 radical (unpaired) electrons. The van der Waals surface area contributed by atoms with E-state index >= 15 is 0 Å². The predicted octanol–water partition coefficient (Wildman–Crippen LogP) is 4.99. The molecule has 1 aliphatic heterocycles. The van der Waals surface area contributed by atoms with Crippen molar-refractivity contribution in [3.63, 3.8) is 0 Å². The van der Waals surface area contributed by atoms with E-state index in [4.69, 9.17) is 16.3 Å². The molecule has 162 valence electrons. The standard InChI is InChI=1S/C25H21ClN2O4/c1-14-5-4-6-20(15(14)2)28-22(16-9-11-27-12-10-16)21(24(30)25(28)31)23(29)18-13-17(32-3)7-8-19(18)26/h4-13,22,29H,1-3H3/b23-21+. The third kappa shape index (κ3) is 3.52. The monoisotopic (exact) mass is 448 g/mol. The van der Waals surface area contributed by atoms with Gasteiger partial charge in [-0.2, -0.15) is 0 Å². The number of aliphatic hydroxyl groups excluding tert-OH is 1. The maximum atomic E-state index is 13.3. The van der Waals surface area contributed by atoms with Gasteiger partial charge < -0.3 is 9.84 Å². The summed E-state index contributed by atoms with van der Waals surface area (Å²) in [5.74, 6) is -1.41. The summed E-state index contributed by atoms with van der Waals surface area (Å²) in [6, 6.07) is 12.9. The summed E-state index contributed by atoms with van der Waals surface area (Å²) in [6.07, 6.45) is 3.16. The predicted molar refractivity (Wildman–Crippen MR) is 123 cm³/mol. The van der Waals surface area contributed by atoms with Crippen molar-refractivity contribution in [1.82, 2.24) is 4.98 Å². The van der Waals surface area contributed by atoms with Gasteiger partial charge in [-0.3, -0.25) is 19.5 Å². The summed E-state index contributed by atoms with van der Waals surface area (Å²) >= 11 is 6.33. The molecule has 1 aliphatic rings. The average Bonchev–Trinajstić information content (AvgIpc) is 3.06. The molecule has 3 aromatic rings. The smallest absolute Gasteiger partial charge is 0.300 e. The summed E-state index contributed by atoms with van der Waals surface area (Å²) in [5, 5.41) is 11.5. The number of carbonyl (C=O) groups is 2. The zero-order chi connectivity index (χ0) is 23.0. The number of benzene rings is 2. The van der Waals surface area contributed by atoms with E-state index in [0.29, 0.717) is 17.0 Å². The van der Waals surface area contributed by atoms with Gasteiger partial charge in [0.1, 0.15) is 11.5 Å². The topological polar surface area (TPSA) is 79.7 Å². The van der Waals surface area contributed by atoms with Gasteiger partial charge >= 0.3 is 0 Å². The highest BCUT2D eigenvalue weighted by molar-refractivity contribution is 6.52. The van der Waals surface area contributed by atoms with Crippen molar-refractivity contribution in [3.05, 3.63) is 93.8 Å². The van der Waals surface area contributed by atoms with Gasteiger partial charge in [0.15, 0.2) is 0 Å². The van der Waals surface area contributed by atoms with Gasteiger partial charge in [-0.1, -0.05) is 23.7 Å². The maximum Gasteiger partial charge on any atom is 0.300 e. The molecule has 0 bridgehead atoms. The minimum Gasteiger partial charge on any atom is -0.507 e. The molecule has 1 atom stereocenters. The number of rotatable bonds is 4. The van der Waals surface area contributed by atoms with Crippen LogP contribution in [-0.2, 0) is 9.59 Å². The summed E-state index contributed by atoms with van der Waals surface area (Å²) in [6.45, 7) is 3.83. The van der Waals surface area contributed by atoms with Gasteiger partial charge in [0.2, 0.25) is 0 Å². The zero-order valence-corrected chi connectivity index (χ0v) is 18.6. The molecule has 1 unspecified atom stereocenters. The van der Waals surface area contributed by atoms with Crippen molar-refractivity contribution in [2.75, 3.05) is 12.0 Å². The summed E-state index contributed by atoms with van der Waals surface area (Å²) in [7, 11) is 1.49. The van der Waals surface area contributed by atoms with Gasteiger partial charge in [-0.25, -0.2) is 0 Å². The number of aryl methyl sites for hydroxylation is 1. The van der Waals surface area contributed by atoms with E-state index in [0.717, 1.165) is 11.1 Å². The number of pyridine rings is 1. The van der Waals surface area contributed by atoms with E-state index in [1.807, 2.05) is 26.0 Å². The fourth-order valence-electron chi connectivity index (χ4n) is 3.90. The molecular weight excluding hydrogens is 428 g/mol. The van der Waals surface area contributed by atoms with Crippen LogP contribution in [0, 0.1) is 13.8 Å². The van der Waals surface area contributed by atoms with Crippen LogP contribution in [0.5, 0.6) is 5.75 Å². The Morgan fingerprint density at radius 3 is 2.50 bits per heavy atom. The largest absolute Gasteiger partial charge is 0.507 e. The molecule has 7 heteroatoms. The lowest BCUT2D eigenvalue weighted by Gasteiger charge is -2.27. The maximum absolute atomic E-state index is 13.3. The van der Waals surface area contributed by atoms with Crippen LogP contribution in [0.4, 0.5) is 5.69 Å². The van der Waals surface area contributed by atoms with Gasteiger partial charge in [-0.05, 0) is 66.9 Å². The Balaban J connectivity index is 2.00. The molecule has 1 amide bonds.